The third-order valence-corrected chi connectivity index (χ3v) is 4.91. The van der Waals surface area contributed by atoms with Crippen LogP contribution in [-0.4, -0.2) is 47.7 Å². The topological polar surface area (TPSA) is 76.1 Å². The molecule has 0 spiro atoms. The fourth-order valence-electron chi connectivity index (χ4n) is 3.14. The number of carbonyl (C=O) groups excluding carboxylic acids is 1. The maximum Gasteiger partial charge on any atom is 0.308 e. The Kier molecular flexibility index (Phi) is 7.14. The molecule has 2 unspecified atom stereocenters. The molecule has 26 heavy (non-hydrogen) atoms. The lowest BCUT2D eigenvalue weighted by atomic mass is 10.0. The maximum atomic E-state index is 12.9. The predicted octanol–water partition coefficient (Wildman–Crippen LogP) is 3.85. The molecule has 1 N–H and O–H groups in total. The van der Waals surface area contributed by atoms with Gasteiger partial charge in [0, 0.05) is 18.2 Å². The Bertz CT molecular complexity index is 664. The average Bonchev–Trinajstić information content (AvgIpc) is 2.98. The van der Waals surface area contributed by atoms with Crippen LogP contribution in [-0.2, 0) is 4.79 Å². The van der Waals surface area contributed by atoms with E-state index in [1.807, 2.05) is 6.92 Å². The zero-order valence-electron chi connectivity index (χ0n) is 15.5. The largest absolute Gasteiger partial charge is 0.490 e. The van der Waals surface area contributed by atoms with Gasteiger partial charge in [0.2, 0.25) is 0 Å². The van der Waals surface area contributed by atoms with Gasteiger partial charge in [0.05, 0.1) is 24.2 Å². The van der Waals surface area contributed by atoms with Gasteiger partial charge >= 0.3 is 5.97 Å². The standard InChI is InChI=1S/C19H26ClNO5/c1-4-6-9-26-17-15(20)10-13(11-16(17)25-5-2)18(22)21-8-7-14(12(21)3)19(23)24/h10-12,14H,4-9H2,1-3H3,(H,23,24). The Morgan fingerprint density at radius 3 is 2.62 bits per heavy atom. The molecule has 1 aromatic rings. The number of aliphatic carboxylic acids is 1. The van der Waals surface area contributed by atoms with Gasteiger partial charge in [-0.25, -0.2) is 0 Å². The molecule has 2 rings (SSSR count). The first kappa shape index (κ1) is 20.4. The Hall–Kier alpha value is -1.95. The number of nitrogens with zero attached hydrogens (tertiary/aromatic N) is 1. The molecular weight excluding hydrogens is 358 g/mol. The van der Waals surface area contributed by atoms with Gasteiger partial charge in [-0.05, 0) is 38.8 Å². The summed E-state index contributed by atoms with van der Waals surface area (Å²) in [6, 6.07) is 2.82. The molecule has 2 atom stereocenters. The number of halogens is 1. The number of carboxylic acids is 1. The zero-order valence-corrected chi connectivity index (χ0v) is 16.2. The molecule has 0 saturated carbocycles. The lowest BCUT2D eigenvalue weighted by Gasteiger charge is -2.24. The van der Waals surface area contributed by atoms with Crippen molar-refractivity contribution in [2.24, 2.45) is 5.92 Å². The molecule has 0 bridgehead atoms. The number of hydrogen-bond acceptors (Lipinski definition) is 4. The van der Waals surface area contributed by atoms with E-state index in [0.717, 1.165) is 12.8 Å². The van der Waals surface area contributed by atoms with E-state index < -0.39 is 11.9 Å². The first-order chi connectivity index (χ1) is 12.4. The molecule has 7 heteroatoms. The van der Waals surface area contributed by atoms with E-state index in [1.54, 1.807) is 24.0 Å². The molecule has 0 radical (unpaired) electrons. The van der Waals surface area contributed by atoms with Crippen LogP contribution in [0.5, 0.6) is 11.5 Å². The number of amides is 1. The minimum absolute atomic E-state index is 0.246. The maximum absolute atomic E-state index is 12.9. The number of likely N-dealkylation sites (tertiary alicyclic amines) is 1. The number of hydrogen-bond donors (Lipinski definition) is 1. The fourth-order valence-corrected chi connectivity index (χ4v) is 3.40. The van der Waals surface area contributed by atoms with Crippen molar-refractivity contribution in [3.63, 3.8) is 0 Å². The molecule has 0 aliphatic carbocycles. The molecule has 6 nitrogen and oxygen atoms in total. The highest BCUT2D eigenvalue weighted by molar-refractivity contribution is 6.32. The smallest absolute Gasteiger partial charge is 0.308 e. The Balaban J connectivity index is 2.26. The van der Waals surface area contributed by atoms with Gasteiger partial charge in [-0.1, -0.05) is 24.9 Å². The van der Waals surface area contributed by atoms with E-state index in [1.165, 1.54) is 0 Å². The van der Waals surface area contributed by atoms with Crippen LogP contribution in [0.1, 0.15) is 50.4 Å². The fraction of sp³-hybridized carbons (Fsp3) is 0.579. The van der Waals surface area contributed by atoms with E-state index in [4.69, 9.17) is 21.1 Å². The van der Waals surface area contributed by atoms with Gasteiger partial charge in [0.25, 0.3) is 5.91 Å². The average molecular weight is 384 g/mol. The summed E-state index contributed by atoms with van der Waals surface area (Å²) < 4.78 is 11.3. The molecular formula is C19H26ClNO5. The number of carbonyl (C=O) groups is 2. The molecule has 1 fully saturated rings. The van der Waals surface area contributed by atoms with Gasteiger partial charge in [0.15, 0.2) is 11.5 Å². The Morgan fingerprint density at radius 1 is 1.31 bits per heavy atom. The van der Waals surface area contributed by atoms with Crippen LogP contribution in [0, 0.1) is 5.92 Å². The lowest BCUT2D eigenvalue weighted by molar-refractivity contribution is -0.142. The second kappa shape index (κ2) is 9.12. The zero-order chi connectivity index (χ0) is 19.3. The van der Waals surface area contributed by atoms with Gasteiger partial charge < -0.3 is 19.5 Å². The normalized spacial score (nSPS) is 19.5. The summed E-state index contributed by atoms with van der Waals surface area (Å²) in [7, 11) is 0. The van der Waals surface area contributed by atoms with Crippen molar-refractivity contribution in [1.29, 1.82) is 0 Å². The third kappa shape index (κ3) is 4.41. The molecule has 1 heterocycles. The third-order valence-electron chi connectivity index (χ3n) is 4.63. The monoisotopic (exact) mass is 383 g/mol. The van der Waals surface area contributed by atoms with Crippen LogP contribution in [0.3, 0.4) is 0 Å². The van der Waals surface area contributed by atoms with E-state index >= 15 is 0 Å². The number of rotatable bonds is 8. The summed E-state index contributed by atoms with van der Waals surface area (Å²) in [6.45, 7) is 7.02. The second-order valence-electron chi connectivity index (χ2n) is 6.39. The highest BCUT2D eigenvalue weighted by atomic mass is 35.5. The molecule has 1 aliphatic heterocycles. The van der Waals surface area contributed by atoms with Crippen LogP contribution in [0.4, 0.5) is 0 Å². The minimum Gasteiger partial charge on any atom is -0.490 e. The van der Waals surface area contributed by atoms with Crippen LogP contribution < -0.4 is 9.47 Å². The highest BCUT2D eigenvalue weighted by Gasteiger charge is 2.38. The Labute approximate surface area is 159 Å². The lowest BCUT2D eigenvalue weighted by Crippen LogP contribution is -2.37. The predicted molar refractivity (Wildman–Crippen MR) is 99.3 cm³/mol. The number of unbranched alkanes of at least 4 members (excludes halogenated alkanes) is 1. The van der Waals surface area contributed by atoms with Crippen molar-refractivity contribution in [2.75, 3.05) is 19.8 Å². The summed E-state index contributed by atoms with van der Waals surface area (Å²) in [6.07, 6.45) is 2.34. The van der Waals surface area contributed by atoms with Crippen molar-refractivity contribution in [3.05, 3.63) is 22.7 Å². The van der Waals surface area contributed by atoms with Gasteiger partial charge in [0.1, 0.15) is 0 Å². The quantitative estimate of drug-likeness (QED) is 0.690. The van der Waals surface area contributed by atoms with E-state index in [2.05, 4.69) is 6.92 Å². The number of benzene rings is 1. The highest BCUT2D eigenvalue weighted by Crippen LogP contribution is 2.38. The summed E-state index contributed by atoms with van der Waals surface area (Å²) in [5, 5.41) is 9.57. The summed E-state index contributed by atoms with van der Waals surface area (Å²) in [5.41, 5.74) is 0.374. The van der Waals surface area contributed by atoms with E-state index in [9.17, 15) is 14.7 Å². The molecule has 1 aliphatic rings. The van der Waals surface area contributed by atoms with Gasteiger partial charge in [-0.15, -0.1) is 0 Å². The van der Waals surface area contributed by atoms with Gasteiger partial charge in [-0.2, -0.15) is 0 Å². The molecule has 1 aromatic carbocycles. The minimum atomic E-state index is -0.875. The molecule has 144 valence electrons. The Morgan fingerprint density at radius 2 is 2.04 bits per heavy atom. The van der Waals surface area contributed by atoms with E-state index in [0.29, 0.717) is 48.3 Å². The van der Waals surface area contributed by atoms with E-state index in [-0.39, 0.29) is 11.9 Å². The second-order valence-corrected chi connectivity index (χ2v) is 6.80. The van der Waals surface area contributed by atoms with Crippen molar-refractivity contribution in [2.45, 2.75) is 46.1 Å². The SMILES string of the molecule is CCCCOc1c(Cl)cc(C(=O)N2CCC(C(=O)O)C2C)cc1OCC. The van der Waals surface area contributed by atoms with Crippen molar-refractivity contribution < 1.29 is 24.2 Å². The number of ether oxygens (including phenoxy) is 2. The molecule has 0 aromatic heterocycles. The van der Waals surface area contributed by atoms with Crippen LogP contribution in [0.2, 0.25) is 5.02 Å². The van der Waals surface area contributed by atoms with Gasteiger partial charge in [-0.3, -0.25) is 9.59 Å². The van der Waals surface area contributed by atoms with Crippen molar-refractivity contribution in [3.8, 4) is 11.5 Å². The molecule has 1 saturated heterocycles. The first-order valence-electron chi connectivity index (χ1n) is 9.03. The summed E-state index contributed by atoms with van der Waals surface area (Å²) >= 11 is 6.35. The number of carboxylic acid groups (broad SMARTS) is 1. The summed E-state index contributed by atoms with van der Waals surface area (Å²) in [4.78, 5) is 25.7. The van der Waals surface area contributed by atoms with Crippen LogP contribution >= 0.6 is 11.6 Å². The van der Waals surface area contributed by atoms with Crippen LogP contribution in [0.15, 0.2) is 12.1 Å². The first-order valence-corrected chi connectivity index (χ1v) is 9.41. The van der Waals surface area contributed by atoms with Crippen molar-refractivity contribution in [1.82, 2.24) is 4.90 Å². The molecule has 1 amide bonds. The van der Waals surface area contributed by atoms with Crippen molar-refractivity contribution >= 4 is 23.5 Å². The van der Waals surface area contributed by atoms with Crippen LogP contribution in [0.25, 0.3) is 0 Å². The summed E-state index contributed by atoms with van der Waals surface area (Å²) in [5.74, 6) is -0.792.